The molecule has 2 heterocycles. The lowest BCUT2D eigenvalue weighted by Gasteiger charge is -2.32. The number of hydrogen-bond acceptors (Lipinski definition) is 5. The number of hydrogen-bond donors (Lipinski definition) is 1. The molecule has 3 rings (SSSR count). The first-order chi connectivity index (χ1) is 11.9. The summed E-state index contributed by atoms with van der Waals surface area (Å²) < 4.78 is 19.0. The van der Waals surface area contributed by atoms with Crippen LogP contribution in [0.25, 0.3) is 0 Å². The van der Waals surface area contributed by atoms with E-state index < -0.39 is 17.2 Å². The number of rotatable bonds is 5. The van der Waals surface area contributed by atoms with Crippen LogP contribution < -0.4 is 0 Å². The van der Waals surface area contributed by atoms with Crippen molar-refractivity contribution in [2.75, 3.05) is 18.6 Å². The molecule has 1 N–H and O–H groups in total. The van der Waals surface area contributed by atoms with Crippen LogP contribution in [0, 0.1) is 11.3 Å². The minimum absolute atomic E-state index is 0.0519. The molecule has 0 aromatic heterocycles. The van der Waals surface area contributed by atoms with Gasteiger partial charge in [0, 0.05) is 29.7 Å². The van der Waals surface area contributed by atoms with Gasteiger partial charge in [0.15, 0.2) is 17.0 Å². The summed E-state index contributed by atoms with van der Waals surface area (Å²) in [4.78, 5) is 29.4. The Balaban J connectivity index is 1.99. The zero-order chi connectivity index (χ0) is 18.2. The number of Topliss-reactive ketones (excluding diaryl/α,β-unsaturated/α-hetero) is 1. The number of carboxylic acid groups (broad SMARTS) is 1. The number of carboxylic acids is 1. The topological polar surface area (TPSA) is 76.0 Å². The number of aliphatic carboxylic acids is 1. The second-order valence-corrected chi connectivity index (χ2v) is 7.73. The van der Waals surface area contributed by atoms with Crippen LogP contribution in [0.2, 0.25) is 0 Å². The van der Waals surface area contributed by atoms with Crippen LogP contribution in [0.5, 0.6) is 0 Å². The molecular weight excluding hydrogens is 345 g/mol. The standard InChI is InChI=1S/C18H20FNO4S/c1-18(17(22)23,16(21)10-3-5-25-6-4-10)12-9-20-14-8-13(19)15(24-2)7-11(12)14/h7,9-10H,3-6,8H2,1-2H3,(H,22,23). The van der Waals surface area contributed by atoms with E-state index in [1.165, 1.54) is 26.3 Å². The van der Waals surface area contributed by atoms with Gasteiger partial charge in [0.1, 0.15) is 5.83 Å². The lowest BCUT2D eigenvalue weighted by Crippen LogP contribution is -2.43. The molecule has 0 aromatic rings. The van der Waals surface area contributed by atoms with Crippen molar-refractivity contribution in [3.05, 3.63) is 35.0 Å². The molecule has 0 radical (unpaired) electrons. The zero-order valence-corrected chi connectivity index (χ0v) is 15.0. The molecule has 7 heteroatoms. The number of halogens is 1. The molecule has 0 spiro atoms. The van der Waals surface area contributed by atoms with Gasteiger partial charge < -0.3 is 9.84 Å². The van der Waals surface area contributed by atoms with Crippen molar-refractivity contribution < 1.29 is 23.8 Å². The van der Waals surface area contributed by atoms with Crippen LogP contribution in [0.4, 0.5) is 4.39 Å². The molecule has 0 saturated carbocycles. The van der Waals surface area contributed by atoms with Crippen LogP contribution in [0.3, 0.4) is 0 Å². The fourth-order valence-electron chi connectivity index (χ4n) is 3.47. The number of allylic oxidation sites excluding steroid dienone is 3. The van der Waals surface area contributed by atoms with Crippen LogP contribution in [-0.2, 0) is 14.3 Å². The van der Waals surface area contributed by atoms with Gasteiger partial charge in [-0.05, 0) is 37.3 Å². The predicted octanol–water partition coefficient (Wildman–Crippen LogP) is 3.29. The molecule has 0 aromatic carbocycles. The zero-order valence-electron chi connectivity index (χ0n) is 14.2. The second-order valence-electron chi connectivity index (χ2n) is 6.51. The van der Waals surface area contributed by atoms with Crippen molar-refractivity contribution >= 4 is 29.2 Å². The number of methoxy groups -OCH3 is 1. The highest BCUT2D eigenvalue weighted by atomic mass is 32.2. The largest absolute Gasteiger partial charge is 0.494 e. The smallest absolute Gasteiger partial charge is 0.321 e. The van der Waals surface area contributed by atoms with Gasteiger partial charge in [0.25, 0.3) is 0 Å². The maximum atomic E-state index is 13.9. The Hall–Kier alpha value is -1.89. The summed E-state index contributed by atoms with van der Waals surface area (Å²) in [7, 11) is 1.35. The van der Waals surface area contributed by atoms with Gasteiger partial charge in [-0.25, -0.2) is 4.39 Å². The molecule has 25 heavy (non-hydrogen) atoms. The Labute approximate surface area is 149 Å². The monoisotopic (exact) mass is 365 g/mol. The van der Waals surface area contributed by atoms with E-state index in [4.69, 9.17) is 4.74 Å². The SMILES string of the molecule is COC1=C(F)CC2=NC=C(C(C)(C(=O)O)C(=O)C3CCSCC3)C2=C1. The number of carbonyl (C=O) groups is 2. The highest BCUT2D eigenvalue weighted by molar-refractivity contribution is 7.99. The maximum Gasteiger partial charge on any atom is 0.321 e. The molecule has 1 aliphatic carbocycles. The Morgan fingerprint density at radius 3 is 2.68 bits per heavy atom. The Morgan fingerprint density at radius 1 is 1.40 bits per heavy atom. The third-order valence-electron chi connectivity index (χ3n) is 5.09. The van der Waals surface area contributed by atoms with E-state index in [1.54, 1.807) is 11.8 Å². The summed E-state index contributed by atoms with van der Waals surface area (Å²) >= 11 is 1.78. The summed E-state index contributed by atoms with van der Waals surface area (Å²) in [6.45, 7) is 1.44. The van der Waals surface area contributed by atoms with Gasteiger partial charge in [0.05, 0.1) is 12.8 Å². The van der Waals surface area contributed by atoms with E-state index in [-0.39, 0.29) is 23.9 Å². The van der Waals surface area contributed by atoms with Crippen molar-refractivity contribution in [3.63, 3.8) is 0 Å². The number of carbonyl (C=O) groups excluding carboxylic acids is 1. The molecule has 2 aliphatic heterocycles. The second kappa shape index (κ2) is 6.78. The lowest BCUT2D eigenvalue weighted by molar-refractivity contribution is -0.152. The molecule has 1 saturated heterocycles. The quantitative estimate of drug-likeness (QED) is 0.757. The van der Waals surface area contributed by atoms with Gasteiger partial charge in [-0.3, -0.25) is 14.6 Å². The highest BCUT2D eigenvalue weighted by Gasteiger charge is 2.50. The Kier molecular flexibility index (Phi) is 4.86. The lowest BCUT2D eigenvalue weighted by atomic mass is 9.69. The minimum Gasteiger partial charge on any atom is -0.494 e. The first-order valence-electron chi connectivity index (χ1n) is 8.17. The molecule has 1 fully saturated rings. The molecule has 5 nitrogen and oxygen atoms in total. The predicted molar refractivity (Wildman–Crippen MR) is 94.2 cm³/mol. The van der Waals surface area contributed by atoms with Crippen molar-refractivity contribution in [1.29, 1.82) is 0 Å². The van der Waals surface area contributed by atoms with Crippen molar-refractivity contribution in [2.24, 2.45) is 16.3 Å². The van der Waals surface area contributed by atoms with Gasteiger partial charge in [-0.1, -0.05) is 0 Å². The molecule has 1 unspecified atom stereocenters. The van der Waals surface area contributed by atoms with Crippen molar-refractivity contribution in [3.8, 4) is 0 Å². The normalized spacial score (nSPS) is 23.2. The highest BCUT2D eigenvalue weighted by Crippen LogP contribution is 2.44. The number of thioether (sulfide) groups is 1. The van der Waals surface area contributed by atoms with Gasteiger partial charge in [-0.2, -0.15) is 11.8 Å². The summed E-state index contributed by atoms with van der Waals surface area (Å²) in [5, 5.41) is 9.90. The number of fused-ring (bicyclic) bond motifs is 1. The molecule has 0 bridgehead atoms. The molecule has 134 valence electrons. The fraction of sp³-hybridized carbons (Fsp3) is 0.500. The fourth-order valence-corrected chi connectivity index (χ4v) is 4.58. The van der Waals surface area contributed by atoms with Gasteiger partial charge in [-0.15, -0.1) is 0 Å². The summed E-state index contributed by atoms with van der Waals surface area (Å²) in [6.07, 6.45) is 4.16. The van der Waals surface area contributed by atoms with Crippen molar-refractivity contribution in [1.82, 2.24) is 0 Å². The van der Waals surface area contributed by atoms with E-state index in [2.05, 4.69) is 4.99 Å². The summed E-state index contributed by atoms with van der Waals surface area (Å²) in [5.74, 6) is -0.449. The first-order valence-corrected chi connectivity index (χ1v) is 9.33. The molecule has 1 atom stereocenters. The number of ketones is 1. The van der Waals surface area contributed by atoms with E-state index in [0.29, 0.717) is 29.7 Å². The average molecular weight is 365 g/mol. The number of nitrogens with zero attached hydrogens (tertiary/aromatic N) is 1. The molecule has 0 amide bonds. The third kappa shape index (κ3) is 2.94. The summed E-state index contributed by atoms with van der Waals surface area (Å²) in [5.41, 5.74) is -0.453. The third-order valence-corrected chi connectivity index (χ3v) is 6.14. The van der Waals surface area contributed by atoms with Crippen LogP contribution in [0.15, 0.2) is 40.0 Å². The van der Waals surface area contributed by atoms with Crippen LogP contribution >= 0.6 is 11.8 Å². The van der Waals surface area contributed by atoms with E-state index in [9.17, 15) is 19.1 Å². The molecular formula is C18H20FNO4S. The van der Waals surface area contributed by atoms with Crippen molar-refractivity contribution in [2.45, 2.75) is 26.2 Å². The van der Waals surface area contributed by atoms with Crippen LogP contribution in [0.1, 0.15) is 26.2 Å². The Morgan fingerprint density at radius 2 is 2.08 bits per heavy atom. The van der Waals surface area contributed by atoms with E-state index in [0.717, 1.165) is 11.5 Å². The van der Waals surface area contributed by atoms with Gasteiger partial charge in [0.2, 0.25) is 0 Å². The van der Waals surface area contributed by atoms with Gasteiger partial charge >= 0.3 is 5.97 Å². The number of aliphatic imine (C=N–C) groups is 1. The first kappa shape index (κ1) is 17.9. The maximum absolute atomic E-state index is 13.9. The molecule has 3 aliphatic rings. The number of ether oxygens (including phenoxy) is 1. The van der Waals surface area contributed by atoms with Crippen LogP contribution in [-0.4, -0.2) is 41.2 Å². The average Bonchev–Trinajstić information content (AvgIpc) is 3.03. The van der Waals surface area contributed by atoms with E-state index >= 15 is 0 Å². The summed E-state index contributed by atoms with van der Waals surface area (Å²) in [6, 6.07) is 0. The Bertz CT molecular complexity index is 746. The minimum atomic E-state index is -1.70. The van der Waals surface area contributed by atoms with E-state index in [1.807, 2.05) is 0 Å².